The van der Waals surface area contributed by atoms with Gasteiger partial charge in [0, 0.05) is 32.3 Å². The lowest BCUT2D eigenvalue weighted by Gasteiger charge is -2.37. The van der Waals surface area contributed by atoms with E-state index in [1.54, 1.807) is 7.11 Å². The van der Waals surface area contributed by atoms with Crippen LogP contribution in [0.25, 0.3) is 0 Å². The first-order valence-corrected chi connectivity index (χ1v) is 8.19. The molecule has 4 atom stereocenters. The normalized spacial score (nSPS) is 33.8. The van der Waals surface area contributed by atoms with Gasteiger partial charge in [0.2, 0.25) is 0 Å². The molecule has 4 unspecified atom stereocenters. The minimum absolute atomic E-state index is 0.457. The minimum atomic E-state index is 0.457. The first kappa shape index (κ1) is 15.3. The molecule has 0 heterocycles. The average molecular weight is 268 g/mol. The van der Waals surface area contributed by atoms with Gasteiger partial charge in [0.05, 0.1) is 6.61 Å². The van der Waals surface area contributed by atoms with Gasteiger partial charge in [-0.25, -0.2) is 0 Å². The quantitative estimate of drug-likeness (QED) is 0.735. The van der Waals surface area contributed by atoms with Gasteiger partial charge in [-0.15, -0.1) is 0 Å². The second-order valence-electron chi connectivity index (χ2n) is 6.53. The molecule has 0 spiro atoms. The van der Waals surface area contributed by atoms with E-state index in [0.717, 1.165) is 30.9 Å². The summed E-state index contributed by atoms with van der Waals surface area (Å²) >= 11 is 0. The third-order valence-electron chi connectivity index (χ3n) is 5.64. The Kier molecular flexibility index (Phi) is 5.67. The van der Waals surface area contributed by atoms with Crippen molar-refractivity contribution in [2.75, 3.05) is 26.8 Å². The molecule has 3 nitrogen and oxygen atoms in total. The standard InChI is InChI=1S/C16H32N2O/c1-4-14(5-2)18(8-9-19-3)11-15-12-6-7-13(10-12)16(15)17/h12-16H,4-11,17H2,1-3H3. The third kappa shape index (κ3) is 3.32. The summed E-state index contributed by atoms with van der Waals surface area (Å²) in [5, 5.41) is 0. The molecule has 0 aromatic heterocycles. The second-order valence-corrected chi connectivity index (χ2v) is 6.53. The Morgan fingerprint density at radius 2 is 1.89 bits per heavy atom. The van der Waals surface area contributed by atoms with Crippen LogP contribution >= 0.6 is 0 Å². The molecule has 2 aliphatic rings. The van der Waals surface area contributed by atoms with E-state index >= 15 is 0 Å². The van der Waals surface area contributed by atoms with Crippen molar-refractivity contribution in [1.29, 1.82) is 0 Å². The molecule has 0 aliphatic heterocycles. The van der Waals surface area contributed by atoms with Crippen LogP contribution < -0.4 is 5.73 Å². The van der Waals surface area contributed by atoms with Crippen molar-refractivity contribution in [3.63, 3.8) is 0 Å². The Morgan fingerprint density at radius 1 is 1.21 bits per heavy atom. The van der Waals surface area contributed by atoms with Gasteiger partial charge in [-0.05, 0) is 49.9 Å². The molecule has 0 aromatic rings. The Hall–Kier alpha value is -0.120. The number of rotatable bonds is 8. The number of methoxy groups -OCH3 is 1. The topological polar surface area (TPSA) is 38.5 Å². The van der Waals surface area contributed by atoms with Crippen LogP contribution in [0.5, 0.6) is 0 Å². The van der Waals surface area contributed by atoms with Gasteiger partial charge in [0.25, 0.3) is 0 Å². The molecule has 3 heteroatoms. The summed E-state index contributed by atoms with van der Waals surface area (Å²) in [6, 6.07) is 1.15. The third-order valence-corrected chi connectivity index (χ3v) is 5.64. The fourth-order valence-electron chi connectivity index (χ4n) is 4.43. The monoisotopic (exact) mass is 268 g/mol. The second kappa shape index (κ2) is 7.05. The highest BCUT2D eigenvalue weighted by molar-refractivity contribution is 5.00. The van der Waals surface area contributed by atoms with E-state index in [1.165, 1.54) is 38.6 Å². The number of nitrogens with zero attached hydrogens (tertiary/aromatic N) is 1. The maximum atomic E-state index is 6.47. The van der Waals surface area contributed by atoms with E-state index < -0.39 is 0 Å². The lowest BCUT2D eigenvalue weighted by molar-refractivity contribution is 0.0858. The first-order valence-electron chi connectivity index (χ1n) is 8.19. The molecule has 2 fully saturated rings. The van der Waals surface area contributed by atoms with Gasteiger partial charge in [0.1, 0.15) is 0 Å². The zero-order valence-electron chi connectivity index (χ0n) is 13.0. The molecular weight excluding hydrogens is 236 g/mol. The van der Waals surface area contributed by atoms with Crippen molar-refractivity contribution < 1.29 is 4.74 Å². The van der Waals surface area contributed by atoms with Crippen molar-refractivity contribution in [2.24, 2.45) is 23.5 Å². The largest absolute Gasteiger partial charge is 0.383 e. The predicted octanol–water partition coefficient (Wildman–Crippen LogP) is 2.50. The van der Waals surface area contributed by atoms with E-state index in [2.05, 4.69) is 18.7 Å². The molecule has 2 N–H and O–H groups in total. The van der Waals surface area contributed by atoms with E-state index in [-0.39, 0.29) is 0 Å². The maximum Gasteiger partial charge on any atom is 0.0589 e. The highest BCUT2D eigenvalue weighted by Gasteiger charge is 2.46. The van der Waals surface area contributed by atoms with Gasteiger partial charge in [0.15, 0.2) is 0 Å². The summed E-state index contributed by atoms with van der Waals surface area (Å²) in [5.74, 6) is 2.46. The van der Waals surface area contributed by atoms with Gasteiger partial charge < -0.3 is 10.5 Å². The Balaban J connectivity index is 1.95. The summed E-state index contributed by atoms with van der Waals surface area (Å²) < 4.78 is 5.29. The maximum absolute atomic E-state index is 6.47. The zero-order valence-corrected chi connectivity index (χ0v) is 13.0. The average Bonchev–Trinajstić information content (AvgIpc) is 3.00. The zero-order chi connectivity index (χ0) is 13.8. The van der Waals surface area contributed by atoms with Gasteiger partial charge >= 0.3 is 0 Å². The number of fused-ring (bicyclic) bond motifs is 2. The summed E-state index contributed by atoms with van der Waals surface area (Å²) in [5.41, 5.74) is 6.47. The molecule has 112 valence electrons. The van der Waals surface area contributed by atoms with E-state index in [9.17, 15) is 0 Å². The SMILES string of the molecule is CCC(CC)N(CCOC)CC1C2CCC(C2)C1N. The van der Waals surface area contributed by atoms with Crippen molar-refractivity contribution in [3.05, 3.63) is 0 Å². The van der Waals surface area contributed by atoms with Crippen molar-refractivity contribution in [2.45, 2.75) is 58.0 Å². The molecule has 2 bridgehead atoms. The molecule has 2 aliphatic carbocycles. The fourth-order valence-corrected chi connectivity index (χ4v) is 4.43. The van der Waals surface area contributed by atoms with E-state index in [1.807, 2.05) is 0 Å². The van der Waals surface area contributed by atoms with Gasteiger partial charge in [-0.1, -0.05) is 13.8 Å². The van der Waals surface area contributed by atoms with Crippen LogP contribution in [-0.4, -0.2) is 43.8 Å². The number of nitrogens with two attached hydrogens (primary N) is 1. The molecule has 2 saturated carbocycles. The van der Waals surface area contributed by atoms with Crippen LogP contribution in [0.15, 0.2) is 0 Å². The number of ether oxygens (including phenoxy) is 1. The van der Waals surface area contributed by atoms with Crippen LogP contribution in [0.4, 0.5) is 0 Å². The van der Waals surface area contributed by atoms with Crippen LogP contribution in [0.1, 0.15) is 46.0 Å². The van der Waals surface area contributed by atoms with Crippen LogP contribution in [0, 0.1) is 17.8 Å². The van der Waals surface area contributed by atoms with Crippen LogP contribution in [0.2, 0.25) is 0 Å². The summed E-state index contributed by atoms with van der Waals surface area (Å²) in [7, 11) is 1.80. The smallest absolute Gasteiger partial charge is 0.0589 e. The molecular formula is C16H32N2O. The van der Waals surface area contributed by atoms with Gasteiger partial charge in [-0.2, -0.15) is 0 Å². The van der Waals surface area contributed by atoms with E-state index in [4.69, 9.17) is 10.5 Å². The predicted molar refractivity (Wildman–Crippen MR) is 80.1 cm³/mol. The summed E-state index contributed by atoms with van der Waals surface area (Å²) in [6.45, 7) is 7.69. The van der Waals surface area contributed by atoms with Crippen LogP contribution in [-0.2, 0) is 4.74 Å². The molecule has 0 radical (unpaired) electrons. The molecule has 0 saturated heterocycles. The Morgan fingerprint density at radius 3 is 2.42 bits per heavy atom. The summed E-state index contributed by atoms with van der Waals surface area (Å²) in [4.78, 5) is 2.65. The lowest BCUT2D eigenvalue weighted by atomic mass is 9.84. The van der Waals surface area contributed by atoms with Crippen LogP contribution in [0.3, 0.4) is 0 Å². The van der Waals surface area contributed by atoms with Crippen molar-refractivity contribution in [3.8, 4) is 0 Å². The first-order chi connectivity index (χ1) is 9.21. The van der Waals surface area contributed by atoms with E-state index in [0.29, 0.717) is 12.1 Å². The van der Waals surface area contributed by atoms with Crippen molar-refractivity contribution >= 4 is 0 Å². The molecule has 0 amide bonds. The molecule has 19 heavy (non-hydrogen) atoms. The highest BCUT2D eigenvalue weighted by Crippen LogP contribution is 2.47. The lowest BCUT2D eigenvalue weighted by Crippen LogP contribution is -2.47. The highest BCUT2D eigenvalue weighted by atomic mass is 16.5. The van der Waals surface area contributed by atoms with Gasteiger partial charge in [-0.3, -0.25) is 4.90 Å². The Bertz CT molecular complexity index is 265. The van der Waals surface area contributed by atoms with Crippen molar-refractivity contribution in [1.82, 2.24) is 4.90 Å². The number of hydrogen-bond acceptors (Lipinski definition) is 3. The molecule has 2 rings (SSSR count). The number of hydrogen-bond donors (Lipinski definition) is 1. The minimum Gasteiger partial charge on any atom is -0.383 e. The molecule has 0 aromatic carbocycles. The fraction of sp³-hybridized carbons (Fsp3) is 1.00. The Labute approximate surface area is 118 Å². The summed E-state index contributed by atoms with van der Waals surface area (Å²) in [6.07, 6.45) is 6.66.